The van der Waals surface area contributed by atoms with Gasteiger partial charge in [0.2, 0.25) is 5.88 Å². The Hall–Kier alpha value is -2.75. The van der Waals surface area contributed by atoms with E-state index in [9.17, 15) is 0 Å². The summed E-state index contributed by atoms with van der Waals surface area (Å²) in [5.74, 6) is 2.31. The summed E-state index contributed by atoms with van der Waals surface area (Å²) in [6.45, 7) is 4.53. The summed E-state index contributed by atoms with van der Waals surface area (Å²) in [5.41, 5.74) is 3.46. The van der Waals surface area contributed by atoms with Crippen molar-refractivity contribution in [2.45, 2.75) is 25.9 Å². The minimum Gasteiger partial charge on any atom is -0.489 e. The largest absolute Gasteiger partial charge is 0.489 e. The van der Waals surface area contributed by atoms with Crippen LogP contribution >= 0.6 is 0 Å². The first-order chi connectivity index (χ1) is 12.3. The molecule has 0 N–H and O–H groups in total. The fourth-order valence-corrected chi connectivity index (χ4v) is 3.31. The van der Waals surface area contributed by atoms with Crippen LogP contribution in [0.25, 0.3) is 0 Å². The predicted octanol–water partition coefficient (Wildman–Crippen LogP) is 4.56. The van der Waals surface area contributed by atoms with Crippen molar-refractivity contribution in [3.05, 3.63) is 77.5 Å². The first-order valence-electron chi connectivity index (χ1n) is 8.73. The topological polar surface area (TPSA) is 38.5 Å². The van der Waals surface area contributed by atoms with Crippen LogP contribution in [-0.2, 0) is 6.61 Å². The molecule has 2 heterocycles. The molecule has 4 rings (SSSR count). The highest BCUT2D eigenvalue weighted by atomic mass is 16.5. The molecule has 0 amide bonds. The van der Waals surface area contributed by atoms with Crippen LogP contribution in [0.5, 0.6) is 5.75 Å². The minimum absolute atomic E-state index is 0.522. The van der Waals surface area contributed by atoms with E-state index in [1.54, 1.807) is 0 Å². The molecule has 1 aliphatic rings. The first kappa shape index (κ1) is 15.8. The van der Waals surface area contributed by atoms with Gasteiger partial charge in [0.25, 0.3) is 0 Å². The predicted molar refractivity (Wildman–Crippen MR) is 98.0 cm³/mol. The molecular formula is C21H22N2O2. The number of hydrogen-bond donors (Lipinski definition) is 0. The number of anilines is 1. The lowest BCUT2D eigenvalue weighted by molar-refractivity contribution is 0.306. The Kier molecular flexibility index (Phi) is 4.42. The molecule has 0 radical (unpaired) electrons. The lowest BCUT2D eigenvalue weighted by Crippen LogP contribution is -2.18. The van der Waals surface area contributed by atoms with Crippen molar-refractivity contribution in [2.75, 3.05) is 18.0 Å². The number of nitrogens with zero attached hydrogens (tertiary/aromatic N) is 2. The minimum atomic E-state index is 0.522. The molecule has 3 aromatic rings. The SMILES string of the molecule is Cc1cc(N2CCC(c3ccc(OCc4ccccc4)cc3)C2)on1. The fraction of sp³-hybridized carbons (Fsp3) is 0.286. The van der Waals surface area contributed by atoms with Crippen molar-refractivity contribution in [3.63, 3.8) is 0 Å². The van der Waals surface area contributed by atoms with E-state index in [4.69, 9.17) is 9.26 Å². The molecule has 128 valence electrons. The van der Waals surface area contributed by atoms with Crippen LogP contribution in [0.1, 0.15) is 29.2 Å². The molecule has 0 bridgehead atoms. The lowest BCUT2D eigenvalue weighted by atomic mass is 9.98. The molecular weight excluding hydrogens is 312 g/mol. The van der Waals surface area contributed by atoms with Gasteiger partial charge in [0, 0.05) is 25.1 Å². The van der Waals surface area contributed by atoms with Gasteiger partial charge in [-0.25, -0.2) is 0 Å². The molecule has 1 aliphatic heterocycles. The van der Waals surface area contributed by atoms with Gasteiger partial charge >= 0.3 is 0 Å². The molecule has 1 unspecified atom stereocenters. The third-order valence-electron chi connectivity index (χ3n) is 4.72. The van der Waals surface area contributed by atoms with Gasteiger partial charge in [0.1, 0.15) is 12.4 Å². The lowest BCUT2D eigenvalue weighted by Gasteiger charge is -2.15. The zero-order chi connectivity index (χ0) is 17.1. The zero-order valence-corrected chi connectivity index (χ0v) is 14.4. The standard InChI is InChI=1S/C21H22N2O2/c1-16-13-21(25-22-16)23-12-11-19(14-23)18-7-9-20(10-8-18)24-15-17-5-3-2-4-6-17/h2-10,13,19H,11-12,14-15H2,1H3. The van der Waals surface area contributed by atoms with Crippen molar-refractivity contribution in [3.8, 4) is 5.75 Å². The van der Waals surface area contributed by atoms with E-state index in [2.05, 4.69) is 46.5 Å². The highest BCUT2D eigenvalue weighted by Crippen LogP contribution is 2.31. The molecule has 0 saturated carbocycles. The number of benzene rings is 2. The maximum atomic E-state index is 5.87. The quantitative estimate of drug-likeness (QED) is 0.686. The average molecular weight is 334 g/mol. The molecule has 0 aliphatic carbocycles. The summed E-state index contributed by atoms with van der Waals surface area (Å²) in [5, 5.41) is 3.98. The highest BCUT2D eigenvalue weighted by Gasteiger charge is 2.26. The number of rotatable bonds is 5. The summed E-state index contributed by atoms with van der Waals surface area (Å²) >= 11 is 0. The van der Waals surface area contributed by atoms with Crippen molar-refractivity contribution in [1.29, 1.82) is 0 Å². The summed E-state index contributed by atoms with van der Waals surface area (Å²) < 4.78 is 11.3. The number of hydrogen-bond acceptors (Lipinski definition) is 4. The second-order valence-electron chi connectivity index (χ2n) is 6.58. The Balaban J connectivity index is 1.36. The Labute approximate surface area is 148 Å². The molecule has 2 aromatic carbocycles. The Morgan fingerprint density at radius 2 is 1.92 bits per heavy atom. The van der Waals surface area contributed by atoms with E-state index in [0.717, 1.165) is 36.8 Å². The van der Waals surface area contributed by atoms with E-state index >= 15 is 0 Å². The van der Waals surface area contributed by atoms with Crippen molar-refractivity contribution < 1.29 is 9.26 Å². The van der Waals surface area contributed by atoms with Crippen LogP contribution in [0.4, 0.5) is 5.88 Å². The van der Waals surface area contributed by atoms with Crippen molar-refractivity contribution in [1.82, 2.24) is 5.16 Å². The highest BCUT2D eigenvalue weighted by molar-refractivity contribution is 5.40. The van der Waals surface area contributed by atoms with Gasteiger partial charge in [-0.05, 0) is 36.6 Å². The summed E-state index contributed by atoms with van der Waals surface area (Å²) in [6, 6.07) is 20.7. The van der Waals surface area contributed by atoms with E-state index in [0.29, 0.717) is 12.5 Å². The Bertz CT molecular complexity index is 811. The smallest absolute Gasteiger partial charge is 0.227 e. The molecule has 1 aromatic heterocycles. The van der Waals surface area contributed by atoms with Crippen LogP contribution in [0.2, 0.25) is 0 Å². The molecule has 0 spiro atoms. The summed E-state index contributed by atoms with van der Waals surface area (Å²) in [6.07, 6.45) is 1.13. The maximum Gasteiger partial charge on any atom is 0.227 e. The monoisotopic (exact) mass is 334 g/mol. The van der Waals surface area contributed by atoms with Gasteiger partial charge in [-0.1, -0.05) is 47.6 Å². The maximum absolute atomic E-state index is 5.87. The zero-order valence-electron chi connectivity index (χ0n) is 14.4. The third kappa shape index (κ3) is 3.68. The summed E-state index contributed by atoms with van der Waals surface area (Å²) in [4.78, 5) is 2.27. The molecule has 4 nitrogen and oxygen atoms in total. The second-order valence-corrected chi connectivity index (χ2v) is 6.58. The van der Waals surface area contributed by atoms with Crippen LogP contribution in [0.3, 0.4) is 0 Å². The molecule has 1 atom stereocenters. The third-order valence-corrected chi connectivity index (χ3v) is 4.72. The normalized spacial score (nSPS) is 17.0. The number of aryl methyl sites for hydroxylation is 1. The van der Waals surface area contributed by atoms with Gasteiger partial charge < -0.3 is 14.2 Å². The van der Waals surface area contributed by atoms with Crippen molar-refractivity contribution >= 4 is 5.88 Å². The Morgan fingerprint density at radius 3 is 2.64 bits per heavy atom. The molecule has 4 heteroatoms. The first-order valence-corrected chi connectivity index (χ1v) is 8.73. The van der Waals surface area contributed by atoms with Crippen molar-refractivity contribution in [2.24, 2.45) is 0 Å². The van der Waals surface area contributed by atoms with E-state index in [1.165, 1.54) is 11.1 Å². The number of aromatic nitrogens is 1. The second kappa shape index (κ2) is 7.01. The number of ether oxygens (including phenoxy) is 1. The van der Waals surface area contributed by atoms with Gasteiger partial charge in [-0.3, -0.25) is 0 Å². The Morgan fingerprint density at radius 1 is 1.12 bits per heavy atom. The van der Waals surface area contributed by atoms with E-state index in [-0.39, 0.29) is 0 Å². The van der Waals surface area contributed by atoms with E-state index < -0.39 is 0 Å². The van der Waals surface area contributed by atoms with Crippen LogP contribution < -0.4 is 9.64 Å². The molecule has 25 heavy (non-hydrogen) atoms. The molecule has 1 fully saturated rings. The van der Waals surface area contributed by atoms with Gasteiger partial charge in [-0.2, -0.15) is 0 Å². The van der Waals surface area contributed by atoms with Gasteiger partial charge in [0.15, 0.2) is 0 Å². The van der Waals surface area contributed by atoms with Crippen LogP contribution in [-0.4, -0.2) is 18.2 Å². The fourth-order valence-electron chi connectivity index (χ4n) is 3.31. The average Bonchev–Trinajstić information content (AvgIpc) is 3.30. The van der Waals surface area contributed by atoms with E-state index in [1.807, 2.05) is 31.2 Å². The van der Waals surface area contributed by atoms with Crippen LogP contribution in [0, 0.1) is 6.92 Å². The van der Waals surface area contributed by atoms with Crippen LogP contribution in [0.15, 0.2) is 65.2 Å². The summed E-state index contributed by atoms with van der Waals surface area (Å²) in [7, 11) is 0. The molecule has 1 saturated heterocycles. The van der Waals surface area contributed by atoms with Gasteiger partial charge in [-0.15, -0.1) is 0 Å². The van der Waals surface area contributed by atoms with Gasteiger partial charge in [0.05, 0.1) is 5.69 Å².